The number of carbonyl (C=O) groups is 2. The SMILES string of the molecule is CCc1noc(C(C)=O)c1C(=O)OC. The largest absolute Gasteiger partial charge is 0.465 e. The van der Waals surface area contributed by atoms with E-state index < -0.39 is 5.97 Å². The van der Waals surface area contributed by atoms with Crippen LogP contribution in [-0.2, 0) is 11.2 Å². The molecule has 0 fully saturated rings. The first-order valence-electron chi connectivity index (χ1n) is 4.19. The number of hydrogen-bond donors (Lipinski definition) is 0. The van der Waals surface area contributed by atoms with Gasteiger partial charge in [-0.1, -0.05) is 12.1 Å². The minimum Gasteiger partial charge on any atom is -0.465 e. The summed E-state index contributed by atoms with van der Waals surface area (Å²) in [6, 6.07) is 0. The van der Waals surface area contributed by atoms with Crippen LogP contribution in [0.5, 0.6) is 0 Å². The Kier molecular flexibility index (Phi) is 3.01. The maximum Gasteiger partial charge on any atom is 0.343 e. The number of methoxy groups -OCH3 is 1. The predicted molar refractivity (Wildman–Crippen MR) is 47.2 cm³/mol. The molecule has 0 bridgehead atoms. The van der Waals surface area contributed by atoms with Gasteiger partial charge in [0.15, 0.2) is 5.78 Å². The lowest BCUT2D eigenvalue weighted by Gasteiger charge is -1.97. The van der Waals surface area contributed by atoms with Crippen LogP contribution in [0.3, 0.4) is 0 Å². The highest BCUT2D eigenvalue weighted by Crippen LogP contribution is 2.16. The molecule has 0 aromatic carbocycles. The van der Waals surface area contributed by atoms with Crippen molar-refractivity contribution in [3.8, 4) is 0 Å². The van der Waals surface area contributed by atoms with Crippen molar-refractivity contribution in [2.45, 2.75) is 20.3 Å². The molecule has 0 N–H and O–H groups in total. The zero-order valence-corrected chi connectivity index (χ0v) is 8.29. The highest BCUT2D eigenvalue weighted by Gasteiger charge is 2.24. The van der Waals surface area contributed by atoms with E-state index in [0.29, 0.717) is 12.1 Å². The Bertz CT molecular complexity index is 367. The Morgan fingerprint density at radius 3 is 2.57 bits per heavy atom. The molecule has 76 valence electrons. The van der Waals surface area contributed by atoms with Gasteiger partial charge in [-0.2, -0.15) is 0 Å². The van der Waals surface area contributed by atoms with Gasteiger partial charge in [0.05, 0.1) is 12.8 Å². The number of Topliss-reactive ketones (excluding diaryl/α,β-unsaturated/α-hetero) is 1. The molecule has 0 aliphatic rings. The van der Waals surface area contributed by atoms with E-state index in [1.165, 1.54) is 14.0 Å². The van der Waals surface area contributed by atoms with Gasteiger partial charge in [-0.25, -0.2) is 4.79 Å². The van der Waals surface area contributed by atoms with E-state index in [4.69, 9.17) is 4.52 Å². The molecular weight excluding hydrogens is 186 g/mol. The monoisotopic (exact) mass is 197 g/mol. The summed E-state index contributed by atoms with van der Waals surface area (Å²) in [6.07, 6.45) is 0.515. The highest BCUT2D eigenvalue weighted by atomic mass is 16.5. The quantitative estimate of drug-likeness (QED) is 0.538. The summed E-state index contributed by atoms with van der Waals surface area (Å²) < 4.78 is 9.31. The second-order valence-corrected chi connectivity index (χ2v) is 2.73. The normalized spacial score (nSPS) is 9.93. The standard InChI is InChI=1S/C9H11NO4/c1-4-6-7(9(12)13-3)8(5(2)11)14-10-6/h4H2,1-3H3. The Morgan fingerprint density at radius 1 is 1.50 bits per heavy atom. The van der Waals surface area contributed by atoms with Crippen molar-refractivity contribution in [1.29, 1.82) is 0 Å². The first kappa shape index (κ1) is 10.4. The number of ether oxygens (including phenoxy) is 1. The van der Waals surface area contributed by atoms with Crippen LogP contribution in [-0.4, -0.2) is 24.0 Å². The maximum absolute atomic E-state index is 11.3. The van der Waals surface area contributed by atoms with E-state index in [-0.39, 0.29) is 17.1 Å². The molecular formula is C9H11NO4. The molecule has 0 amide bonds. The number of esters is 1. The van der Waals surface area contributed by atoms with E-state index in [0.717, 1.165) is 0 Å². The summed E-state index contributed by atoms with van der Waals surface area (Å²) in [5.74, 6) is -0.959. The molecule has 0 saturated carbocycles. The van der Waals surface area contributed by atoms with Crippen molar-refractivity contribution in [2.75, 3.05) is 7.11 Å². The second kappa shape index (κ2) is 4.04. The van der Waals surface area contributed by atoms with E-state index in [2.05, 4.69) is 9.89 Å². The third kappa shape index (κ3) is 1.66. The number of aryl methyl sites for hydroxylation is 1. The summed E-state index contributed by atoms with van der Waals surface area (Å²) in [5, 5.41) is 3.63. The lowest BCUT2D eigenvalue weighted by Crippen LogP contribution is -2.08. The Labute approximate surface area is 81.0 Å². The third-order valence-electron chi connectivity index (χ3n) is 1.81. The second-order valence-electron chi connectivity index (χ2n) is 2.73. The van der Waals surface area contributed by atoms with Gasteiger partial charge in [0, 0.05) is 6.92 Å². The molecule has 0 radical (unpaired) electrons. The van der Waals surface area contributed by atoms with Crippen molar-refractivity contribution in [2.24, 2.45) is 0 Å². The van der Waals surface area contributed by atoms with Gasteiger partial charge in [0.2, 0.25) is 5.76 Å². The highest BCUT2D eigenvalue weighted by molar-refractivity contribution is 6.03. The lowest BCUT2D eigenvalue weighted by molar-refractivity contribution is 0.0594. The predicted octanol–water partition coefficient (Wildman–Crippen LogP) is 1.23. The fourth-order valence-corrected chi connectivity index (χ4v) is 1.12. The van der Waals surface area contributed by atoms with Crippen molar-refractivity contribution < 1.29 is 18.8 Å². The zero-order valence-electron chi connectivity index (χ0n) is 8.29. The molecule has 0 aliphatic heterocycles. The molecule has 1 rings (SSSR count). The summed E-state index contributed by atoms with van der Waals surface area (Å²) in [4.78, 5) is 22.4. The Balaban J connectivity index is 3.26. The molecule has 0 saturated heterocycles. The van der Waals surface area contributed by atoms with Crippen LogP contribution in [0, 0.1) is 0 Å². The van der Waals surface area contributed by atoms with Gasteiger partial charge in [0.1, 0.15) is 5.56 Å². The van der Waals surface area contributed by atoms with Gasteiger partial charge in [-0.3, -0.25) is 4.79 Å². The topological polar surface area (TPSA) is 69.4 Å². The minimum absolute atomic E-state index is 0.0336. The number of hydrogen-bond acceptors (Lipinski definition) is 5. The Morgan fingerprint density at radius 2 is 2.14 bits per heavy atom. The number of carbonyl (C=O) groups excluding carboxylic acids is 2. The third-order valence-corrected chi connectivity index (χ3v) is 1.81. The number of nitrogens with zero attached hydrogens (tertiary/aromatic N) is 1. The molecule has 0 atom stereocenters. The maximum atomic E-state index is 11.3. The molecule has 14 heavy (non-hydrogen) atoms. The smallest absolute Gasteiger partial charge is 0.343 e. The van der Waals surface area contributed by atoms with E-state index in [1.807, 2.05) is 6.92 Å². The fourth-order valence-electron chi connectivity index (χ4n) is 1.12. The van der Waals surface area contributed by atoms with E-state index in [1.54, 1.807) is 0 Å². The molecule has 0 unspecified atom stereocenters. The molecule has 1 aromatic heterocycles. The summed E-state index contributed by atoms with van der Waals surface area (Å²) in [6.45, 7) is 3.13. The fraction of sp³-hybridized carbons (Fsp3) is 0.444. The van der Waals surface area contributed by atoms with Gasteiger partial charge >= 0.3 is 5.97 Å². The van der Waals surface area contributed by atoms with E-state index in [9.17, 15) is 9.59 Å². The molecule has 0 aliphatic carbocycles. The number of rotatable bonds is 3. The van der Waals surface area contributed by atoms with Crippen molar-refractivity contribution in [3.63, 3.8) is 0 Å². The summed E-state index contributed by atoms with van der Waals surface area (Å²) in [7, 11) is 1.25. The van der Waals surface area contributed by atoms with Crippen LogP contribution in [0.25, 0.3) is 0 Å². The Hall–Kier alpha value is -1.65. The van der Waals surface area contributed by atoms with Crippen LogP contribution >= 0.6 is 0 Å². The van der Waals surface area contributed by atoms with Gasteiger partial charge < -0.3 is 9.26 Å². The van der Waals surface area contributed by atoms with Crippen LogP contribution in [0.15, 0.2) is 4.52 Å². The van der Waals surface area contributed by atoms with Crippen LogP contribution in [0.1, 0.15) is 40.5 Å². The van der Waals surface area contributed by atoms with Gasteiger partial charge in [-0.05, 0) is 6.42 Å². The molecule has 1 aromatic rings. The molecule has 5 heteroatoms. The average Bonchev–Trinajstić information content (AvgIpc) is 2.59. The van der Waals surface area contributed by atoms with Crippen LogP contribution < -0.4 is 0 Å². The summed E-state index contributed by atoms with van der Waals surface area (Å²) >= 11 is 0. The van der Waals surface area contributed by atoms with Crippen molar-refractivity contribution in [1.82, 2.24) is 5.16 Å². The molecule has 1 heterocycles. The average molecular weight is 197 g/mol. The van der Waals surface area contributed by atoms with Crippen molar-refractivity contribution in [3.05, 3.63) is 17.0 Å². The van der Waals surface area contributed by atoms with Crippen LogP contribution in [0.4, 0.5) is 0 Å². The van der Waals surface area contributed by atoms with Crippen LogP contribution in [0.2, 0.25) is 0 Å². The lowest BCUT2D eigenvalue weighted by atomic mass is 10.1. The van der Waals surface area contributed by atoms with Gasteiger partial charge in [-0.15, -0.1) is 0 Å². The number of ketones is 1. The van der Waals surface area contributed by atoms with E-state index >= 15 is 0 Å². The first-order chi connectivity index (χ1) is 6.61. The minimum atomic E-state index is -0.590. The number of aromatic nitrogens is 1. The van der Waals surface area contributed by atoms with Gasteiger partial charge in [0.25, 0.3) is 0 Å². The molecule has 5 nitrogen and oxygen atoms in total. The van der Waals surface area contributed by atoms with Crippen molar-refractivity contribution >= 4 is 11.8 Å². The summed E-state index contributed by atoms with van der Waals surface area (Å²) in [5.41, 5.74) is 0.588. The first-order valence-corrected chi connectivity index (χ1v) is 4.19. The molecule has 0 spiro atoms. The zero-order chi connectivity index (χ0) is 10.7.